The minimum absolute atomic E-state index is 0.194. The van der Waals surface area contributed by atoms with Crippen molar-refractivity contribution in [3.8, 4) is 5.75 Å². The fourth-order valence-electron chi connectivity index (χ4n) is 3.47. The first-order chi connectivity index (χ1) is 11.5. The van der Waals surface area contributed by atoms with Crippen LogP contribution in [-0.2, 0) is 4.79 Å². The van der Waals surface area contributed by atoms with Crippen LogP contribution in [0.5, 0.6) is 5.75 Å². The summed E-state index contributed by atoms with van der Waals surface area (Å²) in [6.07, 6.45) is 2.61. The second-order valence-electron chi connectivity index (χ2n) is 6.35. The molecule has 0 spiro atoms. The Morgan fingerprint density at radius 1 is 1.21 bits per heavy atom. The SMILES string of the molecule is O=C(COc1cc(F)ccc1F)N1CCN([C@H]2CCC[C@@H]2O)CC1. The first kappa shape index (κ1) is 17.1. The molecule has 0 unspecified atom stereocenters. The van der Waals surface area contributed by atoms with Gasteiger partial charge in [0.2, 0.25) is 0 Å². The van der Waals surface area contributed by atoms with Gasteiger partial charge in [-0.3, -0.25) is 9.69 Å². The first-order valence-electron chi connectivity index (χ1n) is 8.32. The first-order valence-corrected chi connectivity index (χ1v) is 8.32. The third kappa shape index (κ3) is 3.84. The number of hydrogen-bond acceptors (Lipinski definition) is 4. The molecular formula is C17H22F2N2O3. The third-order valence-corrected chi connectivity index (χ3v) is 4.82. The molecule has 1 amide bonds. The van der Waals surface area contributed by atoms with Crippen LogP contribution in [0.4, 0.5) is 8.78 Å². The Labute approximate surface area is 139 Å². The molecule has 5 nitrogen and oxygen atoms in total. The summed E-state index contributed by atoms with van der Waals surface area (Å²) in [5.74, 6) is -1.80. The van der Waals surface area contributed by atoms with Gasteiger partial charge in [0.1, 0.15) is 5.82 Å². The number of hydrogen-bond donors (Lipinski definition) is 1. The number of aliphatic hydroxyl groups excluding tert-OH is 1. The molecule has 1 saturated carbocycles. The van der Waals surface area contributed by atoms with Crippen molar-refractivity contribution in [3.05, 3.63) is 29.8 Å². The molecule has 1 aliphatic heterocycles. The minimum Gasteiger partial charge on any atom is -0.481 e. The smallest absolute Gasteiger partial charge is 0.260 e. The summed E-state index contributed by atoms with van der Waals surface area (Å²) < 4.78 is 31.7. The molecule has 132 valence electrons. The fraction of sp³-hybridized carbons (Fsp3) is 0.588. The maximum atomic E-state index is 13.5. The van der Waals surface area contributed by atoms with E-state index < -0.39 is 11.6 Å². The Balaban J connectivity index is 1.47. The number of aliphatic hydroxyl groups is 1. The molecule has 24 heavy (non-hydrogen) atoms. The number of carbonyl (C=O) groups is 1. The molecule has 0 aromatic heterocycles. The van der Waals surface area contributed by atoms with E-state index in [0.29, 0.717) is 26.2 Å². The van der Waals surface area contributed by atoms with Gasteiger partial charge >= 0.3 is 0 Å². The molecule has 1 aromatic rings. The fourth-order valence-corrected chi connectivity index (χ4v) is 3.47. The zero-order chi connectivity index (χ0) is 17.1. The van der Waals surface area contributed by atoms with Gasteiger partial charge in [-0.1, -0.05) is 0 Å². The predicted octanol–water partition coefficient (Wildman–Crippen LogP) is 1.40. The monoisotopic (exact) mass is 340 g/mol. The van der Waals surface area contributed by atoms with E-state index in [1.807, 2.05) is 0 Å². The molecule has 3 rings (SSSR count). The Kier molecular flexibility index (Phi) is 5.30. The lowest BCUT2D eigenvalue weighted by Gasteiger charge is -2.39. The van der Waals surface area contributed by atoms with Crippen LogP contribution < -0.4 is 4.74 Å². The van der Waals surface area contributed by atoms with E-state index >= 15 is 0 Å². The number of rotatable bonds is 4. The molecule has 1 heterocycles. The number of halogens is 2. The molecule has 7 heteroatoms. The summed E-state index contributed by atoms with van der Waals surface area (Å²) >= 11 is 0. The van der Waals surface area contributed by atoms with Gasteiger partial charge in [-0.2, -0.15) is 0 Å². The topological polar surface area (TPSA) is 53.0 Å². The van der Waals surface area contributed by atoms with Crippen molar-refractivity contribution in [2.24, 2.45) is 0 Å². The van der Waals surface area contributed by atoms with Gasteiger partial charge in [-0.15, -0.1) is 0 Å². The van der Waals surface area contributed by atoms with Crippen LogP contribution in [0, 0.1) is 11.6 Å². The highest BCUT2D eigenvalue weighted by atomic mass is 19.1. The highest BCUT2D eigenvalue weighted by Crippen LogP contribution is 2.25. The van der Waals surface area contributed by atoms with Gasteiger partial charge in [0.15, 0.2) is 18.2 Å². The average molecular weight is 340 g/mol. The van der Waals surface area contributed by atoms with Gasteiger partial charge in [0, 0.05) is 38.3 Å². The van der Waals surface area contributed by atoms with Crippen LogP contribution in [-0.4, -0.2) is 65.7 Å². The lowest BCUT2D eigenvalue weighted by Crippen LogP contribution is -2.54. The number of benzene rings is 1. The average Bonchev–Trinajstić information content (AvgIpc) is 3.01. The van der Waals surface area contributed by atoms with Crippen molar-refractivity contribution in [2.75, 3.05) is 32.8 Å². The van der Waals surface area contributed by atoms with Crippen LogP contribution in [0.1, 0.15) is 19.3 Å². The van der Waals surface area contributed by atoms with Gasteiger partial charge < -0.3 is 14.7 Å². The molecule has 2 fully saturated rings. The molecule has 2 aliphatic rings. The van der Waals surface area contributed by atoms with Gasteiger partial charge in [0.05, 0.1) is 6.10 Å². The Hall–Kier alpha value is -1.73. The van der Waals surface area contributed by atoms with Crippen molar-refractivity contribution < 1.29 is 23.4 Å². The molecule has 1 aromatic carbocycles. The van der Waals surface area contributed by atoms with Crippen LogP contribution in [0.3, 0.4) is 0 Å². The van der Waals surface area contributed by atoms with E-state index in [1.54, 1.807) is 4.90 Å². The van der Waals surface area contributed by atoms with Crippen LogP contribution in [0.15, 0.2) is 18.2 Å². The minimum atomic E-state index is -0.691. The second-order valence-corrected chi connectivity index (χ2v) is 6.35. The van der Waals surface area contributed by atoms with Gasteiger partial charge in [-0.25, -0.2) is 8.78 Å². The second kappa shape index (κ2) is 7.44. The number of amides is 1. The van der Waals surface area contributed by atoms with E-state index in [9.17, 15) is 18.7 Å². The summed E-state index contributed by atoms with van der Waals surface area (Å²) in [6, 6.07) is 3.10. The zero-order valence-electron chi connectivity index (χ0n) is 13.5. The lowest BCUT2D eigenvalue weighted by atomic mass is 10.1. The summed E-state index contributed by atoms with van der Waals surface area (Å²) in [5, 5.41) is 9.97. The van der Waals surface area contributed by atoms with Crippen LogP contribution in [0.25, 0.3) is 0 Å². The van der Waals surface area contributed by atoms with Crippen LogP contribution in [0.2, 0.25) is 0 Å². The Morgan fingerprint density at radius 3 is 2.62 bits per heavy atom. The molecule has 1 saturated heterocycles. The summed E-state index contributed by atoms with van der Waals surface area (Å²) in [4.78, 5) is 16.1. The van der Waals surface area contributed by atoms with E-state index in [-0.39, 0.29) is 30.4 Å². The number of nitrogens with zero attached hydrogens (tertiary/aromatic N) is 2. The summed E-state index contributed by atoms with van der Waals surface area (Å²) in [5.41, 5.74) is 0. The van der Waals surface area contributed by atoms with Crippen molar-refractivity contribution in [2.45, 2.75) is 31.4 Å². The van der Waals surface area contributed by atoms with Crippen molar-refractivity contribution in [3.63, 3.8) is 0 Å². The highest BCUT2D eigenvalue weighted by Gasteiger charge is 2.33. The Bertz CT molecular complexity index is 591. The molecular weight excluding hydrogens is 318 g/mol. The molecule has 2 atom stereocenters. The quantitative estimate of drug-likeness (QED) is 0.900. The lowest BCUT2D eigenvalue weighted by molar-refractivity contribution is -0.135. The van der Waals surface area contributed by atoms with Crippen molar-refractivity contribution in [1.82, 2.24) is 9.80 Å². The number of piperazine rings is 1. The summed E-state index contributed by atoms with van der Waals surface area (Å²) in [6.45, 7) is 2.21. The standard InChI is InChI=1S/C17H22F2N2O3/c18-12-4-5-13(19)16(10-12)24-11-17(23)21-8-6-20(7-9-21)14-2-1-3-15(14)22/h4-5,10,14-15,22H,1-3,6-9,11H2/t14-,15-/m0/s1. The number of carbonyl (C=O) groups excluding carboxylic acids is 1. The zero-order valence-corrected chi connectivity index (χ0v) is 13.5. The van der Waals surface area contributed by atoms with Gasteiger partial charge in [-0.05, 0) is 31.4 Å². The van der Waals surface area contributed by atoms with Crippen molar-refractivity contribution in [1.29, 1.82) is 0 Å². The third-order valence-electron chi connectivity index (χ3n) is 4.82. The van der Waals surface area contributed by atoms with Crippen LogP contribution >= 0.6 is 0 Å². The van der Waals surface area contributed by atoms with Gasteiger partial charge in [0.25, 0.3) is 5.91 Å². The largest absolute Gasteiger partial charge is 0.481 e. The highest BCUT2D eigenvalue weighted by molar-refractivity contribution is 5.77. The maximum Gasteiger partial charge on any atom is 0.260 e. The van der Waals surface area contributed by atoms with E-state index in [0.717, 1.165) is 37.5 Å². The van der Waals surface area contributed by atoms with E-state index in [1.165, 1.54) is 0 Å². The summed E-state index contributed by atoms with van der Waals surface area (Å²) in [7, 11) is 0. The Morgan fingerprint density at radius 2 is 1.96 bits per heavy atom. The number of ether oxygens (including phenoxy) is 1. The maximum absolute atomic E-state index is 13.5. The predicted molar refractivity (Wildman–Crippen MR) is 83.7 cm³/mol. The molecule has 0 radical (unpaired) electrons. The molecule has 0 bridgehead atoms. The normalized spacial score (nSPS) is 25.0. The molecule has 1 N–H and O–H groups in total. The van der Waals surface area contributed by atoms with Crippen molar-refractivity contribution >= 4 is 5.91 Å². The van der Waals surface area contributed by atoms with E-state index in [2.05, 4.69) is 4.90 Å². The van der Waals surface area contributed by atoms with E-state index in [4.69, 9.17) is 4.74 Å². The molecule has 1 aliphatic carbocycles.